The number of phenolic OH excluding ortho intramolecular Hbond substituents is 1. The third-order valence-electron chi connectivity index (χ3n) is 3.64. The Morgan fingerprint density at radius 2 is 1.62 bits per heavy atom. The summed E-state index contributed by atoms with van der Waals surface area (Å²) in [4.78, 5) is 2.07. The van der Waals surface area contributed by atoms with Gasteiger partial charge >= 0.3 is 0 Å². The number of likely N-dealkylation sites (N-methyl/N-ethyl adjacent to an activating group) is 1. The van der Waals surface area contributed by atoms with Gasteiger partial charge < -0.3 is 19.3 Å². The number of nitrogens with zero attached hydrogens (tertiary/aromatic N) is 1. The van der Waals surface area contributed by atoms with E-state index in [9.17, 15) is 5.11 Å². The van der Waals surface area contributed by atoms with Crippen molar-refractivity contribution in [1.82, 2.24) is 4.90 Å². The molecule has 0 saturated carbocycles. The first-order valence-electron chi connectivity index (χ1n) is 8.03. The van der Waals surface area contributed by atoms with Crippen LogP contribution in [0.3, 0.4) is 0 Å². The highest BCUT2D eigenvalue weighted by Crippen LogP contribution is 2.28. The Morgan fingerprint density at radius 3 is 2.29 bits per heavy atom. The Bertz CT molecular complexity index is 645. The van der Waals surface area contributed by atoms with Crippen molar-refractivity contribution in [1.29, 1.82) is 0 Å². The molecule has 24 heavy (non-hydrogen) atoms. The summed E-state index contributed by atoms with van der Waals surface area (Å²) >= 11 is 0. The van der Waals surface area contributed by atoms with E-state index in [4.69, 9.17) is 14.2 Å². The van der Waals surface area contributed by atoms with Gasteiger partial charge in [-0.15, -0.1) is 0 Å². The van der Waals surface area contributed by atoms with Crippen LogP contribution in [0.2, 0.25) is 0 Å². The zero-order chi connectivity index (χ0) is 17.4. The van der Waals surface area contributed by atoms with Crippen molar-refractivity contribution in [2.45, 2.75) is 13.5 Å². The number of methoxy groups -OCH3 is 1. The highest BCUT2D eigenvalue weighted by molar-refractivity contribution is 5.43. The standard InChI is InChI=1S/C19H25NO4/c1-4-23-18-9-5-6-10-19(18)24-13-12-20(2)14-15-16(21)8-7-11-17(15)22-3/h5-11,21H,4,12-14H2,1-3H3. The number of phenols is 1. The van der Waals surface area contributed by atoms with E-state index >= 15 is 0 Å². The first kappa shape index (κ1) is 17.9. The lowest BCUT2D eigenvalue weighted by atomic mass is 10.1. The quantitative estimate of drug-likeness (QED) is 0.764. The lowest BCUT2D eigenvalue weighted by molar-refractivity contribution is 0.219. The van der Waals surface area contributed by atoms with Crippen molar-refractivity contribution >= 4 is 0 Å². The van der Waals surface area contributed by atoms with Crippen LogP contribution < -0.4 is 14.2 Å². The molecule has 5 nitrogen and oxygen atoms in total. The molecule has 0 radical (unpaired) electrons. The molecule has 0 saturated heterocycles. The number of aromatic hydroxyl groups is 1. The van der Waals surface area contributed by atoms with Crippen LogP contribution in [0.15, 0.2) is 42.5 Å². The predicted molar refractivity (Wildman–Crippen MR) is 94.1 cm³/mol. The molecule has 0 heterocycles. The third-order valence-corrected chi connectivity index (χ3v) is 3.64. The Hall–Kier alpha value is -2.40. The third kappa shape index (κ3) is 4.80. The monoisotopic (exact) mass is 331 g/mol. The number of rotatable bonds is 9. The van der Waals surface area contributed by atoms with Gasteiger partial charge in [0.2, 0.25) is 0 Å². The summed E-state index contributed by atoms with van der Waals surface area (Å²) in [5.74, 6) is 2.42. The van der Waals surface area contributed by atoms with Crippen LogP contribution in [0.5, 0.6) is 23.0 Å². The van der Waals surface area contributed by atoms with Crippen molar-refractivity contribution in [3.63, 3.8) is 0 Å². The van der Waals surface area contributed by atoms with Gasteiger partial charge in [-0.05, 0) is 38.2 Å². The van der Waals surface area contributed by atoms with E-state index in [1.807, 2.05) is 44.3 Å². The fourth-order valence-electron chi connectivity index (χ4n) is 2.41. The molecule has 2 rings (SSSR count). The molecule has 0 bridgehead atoms. The van der Waals surface area contributed by atoms with Crippen LogP contribution in [0.4, 0.5) is 0 Å². The number of ether oxygens (including phenoxy) is 3. The minimum absolute atomic E-state index is 0.240. The summed E-state index contributed by atoms with van der Waals surface area (Å²) in [6.45, 7) is 4.36. The Labute approximate surface area is 143 Å². The smallest absolute Gasteiger partial charge is 0.161 e. The molecule has 2 aromatic rings. The molecular formula is C19H25NO4. The van der Waals surface area contributed by atoms with Crippen molar-refractivity contribution in [2.75, 3.05) is 33.9 Å². The summed E-state index contributed by atoms with van der Waals surface area (Å²) < 4.78 is 16.7. The van der Waals surface area contributed by atoms with Gasteiger partial charge in [-0.1, -0.05) is 18.2 Å². The van der Waals surface area contributed by atoms with Crippen LogP contribution in [0, 0.1) is 0 Å². The van der Waals surface area contributed by atoms with Crippen molar-refractivity contribution in [3.8, 4) is 23.0 Å². The Balaban J connectivity index is 1.89. The SMILES string of the molecule is CCOc1ccccc1OCCN(C)Cc1c(O)cccc1OC. The zero-order valence-electron chi connectivity index (χ0n) is 14.5. The molecule has 0 amide bonds. The Morgan fingerprint density at radius 1 is 0.958 bits per heavy atom. The molecule has 0 fully saturated rings. The molecule has 5 heteroatoms. The van der Waals surface area contributed by atoms with E-state index < -0.39 is 0 Å². The van der Waals surface area contributed by atoms with Gasteiger partial charge in [0, 0.05) is 18.7 Å². The van der Waals surface area contributed by atoms with Crippen molar-refractivity contribution in [3.05, 3.63) is 48.0 Å². The topological polar surface area (TPSA) is 51.2 Å². The van der Waals surface area contributed by atoms with Gasteiger partial charge in [0.15, 0.2) is 11.5 Å². The van der Waals surface area contributed by atoms with Crippen LogP contribution in [0.1, 0.15) is 12.5 Å². The molecule has 130 valence electrons. The van der Waals surface area contributed by atoms with Gasteiger partial charge in [0.05, 0.1) is 13.7 Å². The summed E-state index contributed by atoms with van der Waals surface area (Å²) in [6, 6.07) is 12.9. The first-order chi connectivity index (χ1) is 11.7. The second-order valence-electron chi connectivity index (χ2n) is 5.42. The Kier molecular flexibility index (Phi) is 6.75. The summed E-state index contributed by atoms with van der Waals surface area (Å²) in [7, 11) is 3.58. The number of hydrogen-bond donors (Lipinski definition) is 1. The molecule has 0 unspecified atom stereocenters. The molecule has 2 aromatic carbocycles. The number of para-hydroxylation sites is 2. The van der Waals surface area contributed by atoms with Crippen LogP contribution in [-0.4, -0.2) is 43.9 Å². The highest BCUT2D eigenvalue weighted by atomic mass is 16.5. The maximum absolute atomic E-state index is 10.0. The average molecular weight is 331 g/mol. The largest absolute Gasteiger partial charge is 0.507 e. The minimum atomic E-state index is 0.240. The summed E-state index contributed by atoms with van der Waals surface area (Å²) in [5, 5.41) is 10.0. The van der Waals surface area contributed by atoms with Gasteiger partial charge in [0.25, 0.3) is 0 Å². The molecule has 0 aromatic heterocycles. The van der Waals surface area contributed by atoms with Gasteiger partial charge in [-0.3, -0.25) is 4.90 Å². The van der Waals surface area contributed by atoms with Gasteiger partial charge in [-0.2, -0.15) is 0 Å². The van der Waals surface area contributed by atoms with E-state index in [1.54, 1.807) is 19.2 Å². The molecule has 1 N–H and O–H groups in total. The fourth-order valence-corrected chi connectivity index (χ4v) is 2.41. The number of benzene rings is 2. The number of hydrogen-bond acceptors (Lipinski definition) is 5. The second kappa shape index (κ2) is 9.03. The van der Waals surface area contributed by atoms with E-state index in [1.165, 1.54) is 0 Å². The van der Waals surface area contributed by atoms with Crippen LogP contribution >= 0.6 is 0 Å². The average Bonchev–Trinajstić information content (AvgIpc) is 2.58. The lowest BCUT2D eigenvalue weighted by Gasteiger charge is -2.20. The maximum Gasteiger partial charge on any atom is 0.161 e. The van der Waals surface area contributed by atoms with Crippen LogP contribution in [0.25, 0.3) is 0 Å². The summed E-state index contributed by atoms with van der Waals surface area (Å²) in [6.07, 6.45) is 0. The summed E-state index contributed by atoms with van der Waals surface area (Å²) in [5.41, 5.74) is 0.775. The van der Waals surface area contributed by atoms with E-state index in [-0.39, 0.29) is 5.75 Å². The van der Waals surface area contributed by atoms with E-state index in [0.717, 1.165) is 17.1 Å². The fraction of sp³-hybridized carbons (Fsp3) is 0.368. The minimum Gasteiger partial charge on any atom is -0.507 e. The normalized spacial score (nSPS) is 10.7. The van der Waals surface area contributed by atoms with E-state index in [2.05, 4.69) is 4.90 Å². The molecule has 0 aliphatic carbocycles. The molecule has 0 atom stereocenters. The van der Waals surface area contributed by atoms with Crippen molar-refractivity contribution < 1.29 is 19.3 Å². The second-order valence-corrected chi connectivity index (χ2v) is 5.42. The van der Waals surface area contributed by atoms with Gasteiger partial charge in [0.1, 0.15) is 18.1 Å². The maximum atomic E-state index is 10.0. The molecule has 0 aliphatic rings. The molecule has 0 spiro atoms. The molecule has 0 aliphatic heterocycles. The first-order valence-corrected chi connectivity index (χ1v) is 8.03. The highest BCUT2D eigenvalue weighted by Gasteiger charge is 2.11. The zero-order valence-corrected chi connectivity index (χ0v) is 14.5. The molecular weight excluding hydrogens is 306 g/mol. The van der Waals surface area contributed by atoms with E-state index in [0.29, 0.717) is 32.1 Å². The van der Waals surface area contributed by atoms with Gasteiger partial charge in [-0.25, -0.2) is 0 Å². The lowest BCUT2D eigenvalue weighted by Crippen LogP contribution is -2.24. The van der Waals surface area contributed by atoms with Crippen molar-refractivity contribution in [2.24, 2.45) is 0 Å². The predicted octanol–water partition coefficient (Wildman–Crippen LogP) is 3.31. The van der Waals surface area contributed by atoms with Crippen LogP contribution in [-0.2, 0) is 6.54 Å².